The molecule has 0 aliphatic rings. The minimum atomic E-state index is -0.379. The van der Waals surface area contributed by atoms with Gasteiger partial charge in [-0.2, -0.15) is 4.90 Å². The molecule has 1 aromatic carbocycles. The van der Waals surface area contributed by atoms with Crippen LogP contribution in [0.4, 0.5) is 4.79 Å². The number of nitrogens with two attached hydrogens (primary N) is 1. The van der Waals surface area contributed by atoms with Gasteiger partial charge in [-0.25, -0.2) is 4.79 Å². The lowest BCUT2D eigenvalue weighted by Crippen LogP contribution is -2.33. The zero-order valence-corrected chi connectivity index (χ0v) is 13.3. The maximum atomic E-state index is 12.0. The molecule has 1 rings (SSSR count). The second-order valence-corrected chi connectivity index (χ2v) is 4.52. The Hall–Kier alpha value is -2.96. The predicted octanol–water partition coefficient (Wildman–Crippen LogP) is 0.735. The van der Waals surface area contributed by atoms with Gasteiger partial charge in [-0.1, -0.05) is 36.1 Å². The van der Waals surface area contributed by atoms with Gasteiger partial charge in [0.25, 0.3) is 0 Å². The lowest BCUT2D eigenvalue weighted by Gasteiger charge is -2.11. The third-order valence-electron chi connectivity index (χ3n) is 2.76. The molecule has 4 N–H and O–H groups in total. The number of benzene rings is 1. The van der Waals surface area contributed by atoms with Gasteiger partial charge in [-0.15, -0.1) is 0 Å². The molecule has 6 nitrogen and oxygen atoms in total. The van der Waals surface area contributed by atoms with E-state index >= 15 is 0 Å². The van der Waals surface area contributed by atoms with E-state index in [4.69, 9.17) is 5.73 Å². The lowest BCUT2D eigenvalue weighted by atomic mass is 10.1. The maximum Gasteiger partial charge on any atom is 0.341 e. The summed E-state index contributed by atoms with van der Waals surface area (Å²) in [5.74, 6) is 5.06. The third-order valence-corrected chi connectivity index (χ3v) is 2.76. The highest BCUT2D eigenvalue weighted by Gasteiger charge is 2.08. The van der Waals surface area contributed by atoms with Crippen LogP contribution in [0.5, 0.6) is 0 Å². The standard InChI is InChI=1S/C17H20N4O2/c1-3-8-21(9-4-2)17(23)20-13-15-7-5-6-14(10-15)12-19-16(22)11-18/h5-7,10H,11-13,18H2,1-2H3,(H,19,22)(H,20,23). The van der Waals surface area contributed by atoms with E-state index in [-0.39, 0.29) is 18.5 Å². The van der Waals surface area contributed by atoms with Crippen molar-refractivity contribution in [2.24, 2.45) is 5.73 Å². The molecule has 0 saturated carbocycles. The quantitative estimate of drug-likeness (QED) is 0.553. The van der Waals surface area contributed by atoms with Crippen molar-refractivity contribution in [2.75, 3.05) is 6.54 Å². The Balaban J connectivity index is 2.62. The van der Waals surface area contributed by atoms with Crippen molar-refractivity contribution in [1.82, 2.24) is 15.5 Å². The zero-order valence-electron chi connectivity index (χ0n) is 13.3. The minimum Gasteiger partial charge on any atom is -0.351 e. The van der Waals surface area contributed by atoms with Crippen LogP contribution < -0.4 is 16.4 Å². The van der Waals surface area contributed by atoms with E-state index in [1.54, 1.807) is 13.8 Å². The molecule has 3 amide bonds. The van der Waals surface area contributed by atoms with Crippen molar-refractivity contribution in [3.8, 4) is 23.9 Å². The Morgan fingerprint density at radius 3 is 2.17 bits per heavy atom. The summed E-state index contributed by atoms with van der Waals surface area (Å²) in [5, 5.41) is 5.44. The van der Waals surface area contributed by atoms with Crippen LogP contribution in [-0.4, -0.2) is 23.4 Å². The van der Waals surface area contributed by atoms with Crippen LogP contribution in [0, 0.1) is 23.9 Å². The Bertz CT molecular complexity index is 657. The number of carbonyl (C=O) groups excluding carboxylic acids is 2. The summed E-state index contributed by atoms with van der Waals surface area (Å²) in [6.45, 7) is 3.97. The summed E-state index contributed by atoms with van der Waals surface area (Å²) >= 11 is 0. The van der Waals surface area contributed by atoms with Crippen molar-refractivity contribution < 1.29 is 9.59 Å². The van der Waals surface area contributed by atoms with Gasteiger partial charge in [0.1, 0.15) is 0 Å². The molecule has 1 aromatic rings. The number of hydrogen-bond donors (Lipinski definition) is 3. The van der Waals surface area contributed by atoms with Crippen LogP contribution in [0.2, 0.25) is 0 Å². The highest BCUT2D eigenvalue weighted by molar-refractivity contribution is 5.78. The van der Waals surface area contributed by atoms with Gasteiger partial charge >= 0.3 is 6.03 Å². The Labute approximate surface area is 136 Å². The average Bonchev–Trinajstić information content (AvgIpc) is 2.57. The fraction of sp³-hybridized carbons (Fsp3) is 0.294. The average molecular weight is 312 g/mol. The normalized spacial score (nSPS) is 8.83. The highest BCUT2D eigenvalue weighted by Crippen LogP contribution is 2.05. The molecule has 0 fully saturated rings. The first kappa shape index (κ1) is 18.1. The molecule has 23 heavy (non-hydrogen) atoms. The number of amides is 3. The van der Waals surface area contributed by atoms with E-state index in [1.165, 1.54) is 0 Å². The molecular formula is C17H20N4O2. The summed E-state index contributed by atoms with van der Waals surface area (Å²) in [4.78, 5) is 24.2. The molecule has 0 spiro atoms. The fourth-order valence-electron chi connectivity index (χ4n) is 1.73. The van der Waals surface area contributed by atoms with E-state index < -0.39 is 0 Å². The van der Waals surface area contributed by atoms with Crippen LogP contribution >= 0.6 is 0 Å². The SMILES string of the molecule is CC#CN(C#CC)C(=O)NCc1cccc(CNC(=O)CN)c1. The van der Waals surface area contributed by atoms with E-state index in [9.17, 15) is 9.59 Å². The Morgan fingerprint density at radius 1 is 1.09 bits per heavy atom. The molecule has 0 aliphatic carbocycles. The topological polar surface area (TPSA) is 87.5 Å². The number of carbonyl (C=O) groups is 2. The zero-order chi connectivity index (χ0) is 17.1. The first-order chi connectivity index (χ1) is 11.1. The summed E-state index contributed by atoms with van der Waals surface area (Å²) < 4.78 is 0. The second kappa shape index (κ2) is 9.88. The molecule has 0 aromatic heterocycles. The smallest absolute Gasteiger partial charge is 0.341 e. The molecule has 0 saturated heterocycles. The second-order valence-electron chi connectivity index (χ2n) is 4.52. The number of rotatable bonds is 5. The summed E-state index contributed by atoms with van der Waals surface area (Å²) in [5.41, 5.74) is 7.08. The fourth-order valence-corrected chi connectivity index (χ4v) is 1.73. The van der Waals surface area contributed by atoms with Crippen LogP contribution in [-0.2, 0) is 17.9 Å². The highest BCUT2D eigenvalue weighted by atomic mass is 16.2. The summed E-state index contributed by atoms with van der Waals surface area (Å²) in [7, 11) is 0. The molecule has 0 heterocycles. The van der Waals surface area contributed by atoms with Gasteiger partial charge in [0.2, 0.25) is 5.91 Å². The van der Waals surface area contributed by atoms with Crippen LogP contribution in [0.25, 0.3) is 0 Å². The monoisotopic (exact) mass is 312 g/mol. The summed E-state index contributed by atoms with van der Waals surface area (Å²) in [6.07, 6.45) is 0. The third kappa shape index (κ3) is 6.56. The van der Waals surface area contributed by atoms with Crippen molar-refractivity contribution in [2.45, 2.75) is 26.9 Å². The largest absolute Gasteiger partial charge is 0.351 e. The lowest BCUT2D eigenvalue weighted by molar-refractivity contribution is -0.119. The molecular weight excluding hydrogens is 292 g/mol. The molecule has 6 heteroatoms. The van der Waals surface area contributed by atoms with Crippen molar-refractivity contribution in [3.63, 3.8) is 0 Å². The number of nitrogens with one attached hydrogen (secondary N) is 2. The minimum absolute atomic E-state index is 0.0392. The van der Waals surface area contributed by atoms with E-state index in [0.29, 0.717) is 13.1 Å². The number of urea groups is 1. The molecule has 0 atom stereocenters. The predicted molar refractivity (Wildman–Crippen MR) is 88.3 cm³/mol. The number of hydrogen-bond acceptors (Lipinski definition) is 3. The molecule has 0 unspecified atom stereocenters. The Morgan fingerprint density at radius 2 is 1.65 bits per heavy atom. The van der Waals surface area contributed by atoms with Crippen molar-refractivity contribution in [1.29, 1.82) is 0 Å². The van der Waals surface area contributed by atoms with Gasteiger partial charge in [0.15, 0.2) is 0 Å². The number of nitrogens with zero attached hydrogens (tertiary/aromatic N) is 1. The molecule has 0 aliphatic heterocycles. The molecule has 0 bridgehead atoms. The van der Waals surface area contributed by atoms with E-state index in [1.807, 2.05) is 24.3 Å². The maximum absolute atomic E-state index is 12.0. The molecule has 120 valence electrons. The van der Waals surface area contributed by atoms with Gasteiger partial charge in [0.05, 0.1) is 6.54 Å². The van der Waals surface area contributed by atoms with E-state index in [0.717, 1.165) is 16.0 Å². The Kier molecular flexibility index (Phi) is 7.77. The van der Waals surface area contributed by atoms with E-state index in [2.05, 4.69) is 34.6 Å². The van der Waals surface area contributed by atoms with Gasteiger partial charge < -0.3 is 16.4 Å². The van der Waals surface area contributed by atoms with Crippen LogP contribution in [0.1, 0.15) is 25.0 Å². The van der Waals surface area contributed by atoms with Crippen LogP contribution in [0.15, 0.2) is 24.3 Å². The van der Waals surface area contributed by atoms with Crippen molar-refractivity contribution >= 4 is 11.9 Å². The van der Waals surface area contributed by atoms with Gasteiger partial charge in [-0.05, 0) is 25.0 Å². The first-order valence-electron chi connectivity index (χ1n) is 7.08. The first-order valence-corrected chi connectivity index (χ1v) is 7.08. The molecule has 0 radical (unpaired) electrons. The van der Waals surface area contributed by atoms with Crippen molar-refractivity contribution in [3.05, 3.63) is 35.4 Å². The summed E-state index contributed by atoms with van der Waals surface area (Å²) in [6, 6.07) is 12.4. The van der Waals surface area contributed by atoms with Crippen LogP contribution in [0.3, 0.4) is 0 Å². The van der Waals surface area contributed by atoms with Gasteiger partial charge in [0, 0.05) is 25.2 Å². The van der Waals surface area contributed by atoms with Gasteiger partial charge in [-0.3, -0.25) is 4.79 Å².